The van der Waals surface area contributed by atoms with E-state index in [1.807, 2.05) is 0 Å². The van der Waals surface area contributed by atoms with Gasteiger partial charge in [-0.2, -0.15) is 0 Å². The number of hydrogen-bond acceptors (Lipinski definition) is 4. The fourth-order valence-corrected chi connectivity index (χ4v) is 2.31. The van der Waals surface area contributed by atoms with Crippen LogP contribution in [0.25, 0.3) is 0 Å². The maximum atomic E-state index is 11.7. The number of aliphatic hydroxyl groups is 1. The number of ether oxygens (including phenoxy) is 1. The summed E-state index contributed by atoms with van der Waals surface area (Å²) in [4.78, 5) is 14.0. The second-order valence-corrected chi connectivity index (χ2v) is 5.08. The summed E-state index contributed by atoms with van der Waals surface area (Å²) in [5, 5.41) is 10.6. The van der Waals surface area contributed by atoms with Gasteiger partial charge in [0.25, 0.3) is 0 Å². The summed E-state index contributed by atoms with van der Waals surface area (Å²) < 4.78 is 4.77. The van der Waals surface area contributed by atoms with Crippen LogP contribution in [0.1, 0.15) is 33.6 Å². The van der Waals surface area contributed by atoms with E-state index in [-0.39, 0.29) is 5.97 Å². The minimum atomic E-state index is -0.939. The SMILES string of the molecule is CCN1CCC(O)(C(C)(C)C(=O)OC)CC1. The summed E-state index contributed by atoms with van der Waals surface area (Å²) in [6.07, 6.45) is 1.26. The van der Waals surface area contributed by atoms with E-state index in [2.05, 4.69) is 11.8 Å². The maximum Gasteiger partial charge on any atom is 0.314 e. The third kappa shape index (κ3) is 2.23. The molecule has 0 aromatic heterocycles. The molecule has 0 unspecified atom stereocenters. The highest BCUT2D eigenvalue weighted by atomic mass is 16.5. The van der Waals surface area contributed by atoms with Gasteiger partial charge in [0.15, 0.2) is 0 Å². The Bertz CT molecular complexity index is 255. The fraction of sp³-hybridized carbons (Fsp3) is 0.917. The molecule has 4 heteroatoms. The summed E-state index contributed by atoms with van der Waals surface area (Å²) in [6.45, 7) is 8.31. The standard InChI is InChI=1S/C12H23NO3/c1-5-13-8-6-12(15,7-9-13)11(2,3)10(14)16-4/h15H,5-9H2,1-4H3. The first-order valence-electron chi connectivity index (χ1n) is 5.90. The Labute approximate surface area is 97.6 Å². The predicted octanol–water partition coefficient (Wildman–Crippen LogP) is 1.03. The van der Waals surface area contributed by atoms with Gasteiger partial charge >= 0.3 is 5.97 Å². The molecule has 0 amide bonds. The van der Waals surface area contributed by atoms with E-state index in [4.69, 9.17) is 4.74 Å². The van der Waals surface area contributed by atoms with Crippen molar-refractivity contribution in [3.8, 4) is 0 Å². The van der Waals surface area contributed by atoms with Crippen LogP contribution in [0.2, 0.25) is 0 Å². The van der Waals surface area contributed by atoms with Gasteiger partial charge in [-0.25, -0.2) is 0 Å². The molecule has 1 heterocycles. The number of likely N-dealkylation sites (tertiary alicyclic amines) is 1. The van der Waals surface area contributed by atoms with E-state index in [0.717, 1.165) is 19.6 Å². The summed E-state index contributed by atoms with van der Waals surface area (Å²) in [7, 11) is 1.37. The van der Waals surface area contributed by atoms with Crippen LogP contribution in [-0.4, -0.2) is 48.3 Å². The van der Waals surface area contributed by atoms with Gasteiger partial charge < -0.3 is 14.7 Å². The van der Waals surface area contributed by atoms with E-state index in [1.54, 1.807) is 13.8 Å². The molecule has 0 aromatic carbocycles. The average molecular weight is 229 g/mol. The van der Waals surface area contributed by atoms with Crippen molar-refractivity contribution in [2.75, 3.05) is 26.7 Å². The van der Waals surface area contributed by atoms with E-state index in [9.17, 15) is 9.90 Å². The van der Waals surface area contributed by atoms with Gasteiger partial charge in [0.2, 0.25) is 0 Å². The molecule has 0 aliphatic carbocycles. The molecule has 0 radical (unpaired) electrons. The molecule has 1 saturated heterocycles. The largest absolute Gasteiger partial charge is 0.469 e. The second-order valence-electron chi connectivity index (χ2n) is 5.08. The molecule has 1 aliphatic heterocycles. The van der Waals surface area contributed by atoms with Crippen LogP contribution in [0.5, 0.6) is 0 Å². The molecule has 4 nitrogen and oxygen atoms in total. The number of methoxy groups -OCH3 is 1. The number of carbonyl (C=O) groups is 1. The lowest BCUT2D eigenvalue weighted by Gasteiger charge is -2.45. The fourth-order valence-electron chi connectivity index (χ4n) is 2.31. The van der Waals surface area contributed by atoms with Crippen molar-refractivity contribution in [3.63, 3.8) is 0 Å². The molecule has 0 spiro atoms. The van der Waals surface area contributed by atoms with Gasteiger partial charge in [-0.3, -0.25) is 4.79 Å². The van der Waals surface area contributed by atoms with Gasteiger partial charge in [0.05, 0.1) is 18.1 Å². The highest BCUT2D eigenvalue weighted by Gasteiger charge is 2.50. The minimum absolute atomic E-state index is 0.333. The molecule has 0 bridgehead atoms. The highest BCUT2D eigenvalue weighted by Crippen LogP contribution is 2.39. The molecule has 94 valence electrons. The first kappa shape index (κ1) is 13.5. The van der Waals surface area contributed by atoms with Gasteiger partial charge in [-0.15, -0.1) is 0 Å². The topological polar surface area (TPSA) is 49.8 Å². The van der Waals surface area contributed by atoms with Crippen molar-refractivity contribution in [2.24, 2.45) is 5.41 Å². The Morgan fingerprint density at radius 3 is 2.31 bits per heavy atom. The third-order valence-electron chi connectivity index (χ3n) is 3.99. The summed E-state index contributed by atoms with van der Waals surface area (Å²) in [5.74, 6) is -0.333. The Hall–Kier alpha value is -0.610. The van der Waals surface area contributed by atoms with Crippen LogP contribution in [0.15, 0.2) is 0 Å². The van der Waals surface area contributed by atoms with Crippen molar-refractivity contribution < 1.29 is 14.6 Å². The summed E-state index contributed by atoms with van der Waals surface area (Å²) in [5.41, 5.74) is -1.77. The van der Waals surface area contributed by atoms with Crippen molar-refractivity contribution in [2.45, 2.75) is 39.2 Å². The van der Waals surface area contributed by atoms with Crippen LogP contribution >= 0.6 is 0 Å². The highest BCUT2D eigenvalue weighted by molar-refractivity contribution is 5.77. The molecule has 1 N–H and O–H groups in total. The third-order valence-corrected chi connectivity index (χ3v) is 3.99. The lowest BCUT2D eigenvalue weighted by Crippen LogP contribution is -2.56. The molecule has 16 heavy (non-hydrogen) atoms. The van der Waals surface area contributed by atoms with Crippen molar-refractivity contribution in [1.29, 1.82) is 0 Å². The van der Waals surface area contributed by atoms with Crippen LogP contribution in [0.3, 0.4) is 0 Å². The number of nitrogens with zero attached hydrogens (tertiary/aromatic N) is 1. The number of piperidine rings is 1. The molecule has 1 aliphatic rings. The van der Waals surface area contributed by atoms with E-state index >= 15 is 0 Å². The van der Waals surface area contributed by atoms with Crippen LogP contribution in [0.4, 0.5) is 0 Å². The average Bonchev–Trinajstić information content (AvgIpc) is 2.28. The van der Waals surface area contributed by atoms with Gasteiger partial charge in [-0.05, 0) is 33.2 Å². The number of carbonyl (C=O) groups excluding carboxylic acids is 1. The molecule has 1 fully saturated rings. The first-order valence-corrected chi connectivity index (χ1v) is 5.90. The molecular formula is C12H23NO3. The summed E-state index contributed by atoms with van der Waals surface area (Å²) in [6, 6.07) is 0. The monoisotopic (exact) mass is 229 g/mol. The normalized spacial score (nSPS) is 21.8. The number of rotatable bonds is 3. The second kappa shape index (κ2) is 4.72. The Kier molecular flexibility index (Phi) is 3.97. The zero-order valence-electron chi connectivity index (χ0n) is 10.7. The number of hydrogen-bond donors (Lipinski definition) is 1. The zero-order chi connectivity index (χ0) is 12.4. The number of esters is 1. The first-order chi connectivity index (χ1) is 7.37. The van der Waals surface area contributed by atoms with Crippen LogP contribution in [-0.2, 0) is 9.53 Å². The zero-order valence-corrected chi connectivity index (χ0v) is 10.7. The van der Waals surface area contributed by atoms with Crippen LogP contribution in [0, 0.1) is 5.41 Å². The Morgan fingerprint density at radius 1 is 1.44 bits per heavy atom. The molecule has 0 aromatic rings. The van der Waals surface area contributed by atoms with Gasteiger partial charge in [0.1, 0.15) is 0 Å². The smallest absolute Gasteiger partial charge is 0.314 e. The molecular weight excluding hydrogens is 206 g/mol. The lowest BCUT2D eigenvalue weighted by molar-refractivity contribution is -0.174. The van der Waals surface area contributed by atoms with E-state index < -0.39 is 11.0 Å². The molecule has 1 rings (SSSR count). The van der Waals surface area contributed by atoms with Gasteiger partial charge in [-0.1, -0.05) is 6.92 Å². The van der Waals surface area contributed by atoms with Crippen LogP contribution < -0.4 is 0 Å². The van der Waals surface area contributed by atoms with E-state index in [0.29, 0.717) is 12.8 Å². The lowest BCUT2D eigenvalue weighted by atomic mass is 9.69. The quantitative estimate of drug-likeness (QED) is 0.734. The van der Waals surface area contributed by atoms with E-state index in [1.165, 1.54) is 7.11 Å². The Morgan fingerprint density at radius 2 is 1.94 bits per heavy atom. The molecule has 0 saturated carbocycles. The molecule has 0 atom stereocenters. The maximum absolute atomic E-state index is 11.7. The summed E-state index contributed by atoms with van der Waals surface area (Å²) >= 11 is 0. The predicted molar refractivity (Wildman–Crippen MR) is 62.1 cm³/mol. The van der Waals surface area contributed by atoms with Crippen molar-refractivity contribution in [3.05, 3.63) is 0 Å². The minimum Gasteiger partial charge on any atom is -0.469 e. The van der Waals surface area contributed by atoms with Crippen molar-refractivity contribution in [1.82, 2.24) is 4.90 Å². The van der Waals surface area contributed by atoms with Gasteiger partial charge in [0, 0.05) is 13.1 Å². The van der Waals surface area contributed by atoms with Crippen molar-refractivity contribution >= 4 is 5.97 Å². The Balaban J connectivity index is 2.75.